The molecule has 0 saturated carbocycles. The second-order valence-corrected chi connectivity index (χ2v) is 6.64. The van der Waals surface area contributed by atoms with Gasteiger partial charge < -0.3 is 4.74 Å². The predicted octanol–water partition coefficient (Wildman–Crippen LogP) is 3.47. The van der Waals surface area contributed by atoms with E-state index >= 15 is 0 Å². The minimum absolute atomic E-state index is 0.0981. The van der Waals surface area contributed by atoms with Gasteiger partial charge in [-0.25, -0.2) is 0 Å². The van der Waals surface area contributed by atoms with E-state index in [4.69, 9.17) is 0 Å². The summed E-state index contributed by atoms with van der Waals surface area (Å²) in [4.78, 5) is 12.2. The molecule has 1 fully saturated rings. The molecule has 1 atom stereocenters. The topological polar surface area (TPSA) is 29.5 Å². The molecule has 0 amide bonds. The van der Waals surface area contributed by atoms with Crippen molar-refractivity contribution >= 4 is 6.47 Å². The largest absolute Gasteiger partial charge is 0.467 e. The maximum atomic E-state index is 9.63. The number of rotatable bonds is 3. The first-order valence-corrected chi connectivity index (χ1v) is 7.09. The molecule has 0 aromatic rings. The fourth-order valence-corrected chi connectivity index (χ4v) is 2.17. The lowest BCUT2D eigenvalue weighted by Crippen LogP contribution is -2.41. The van der Waals surface area contributed by atoms with Crippen molar-refractivity contribution in [2.45, 2.75) is 72.9 Å². The van der Waals surface area contributed by atoms with E-state index < -0.39 is 0 Å². The van der Waals surface area contributed by atoms with Crippen LogP contribution in [0, 0.1) is 5.41 Å². The molecule has 1 rings (SSSR count). The molecular weight excluding hydrogens is 226 g/mol. The van der Waals surface area contributed by atoms with Crippen molar-refractivity contribution in [3.63, 3.8) is 0 Å². The average Bonchev–Trinajstić information content (AvgIpc) is 2.26. The van der Waals surface area contributed by atoms with E-state index in [-0.39, 0.29) is 5.41 Å². The molecule has 0 radical (unpaired) electrons. The number of piperidine rings is 1. The van der Waals surface area contributed by atoms with E-state index in [0.717, 1.165) is 12.1 Å². The summed E-state index contributed by atoms with van der Waals surface area (Å²) >= 11 is 0. The Bertz CT molecular complexity index is 221. The fraction of sp³-hybridized carbons (Fsp3) is 0.933. The van der Waals surface area contributed by atoms with Gasteiger partial charge in [-0.15, -0.1) is 0 Å². The van der Waals surface area contributed by atoms with Gasteiger partial charge in [-0.2, -0.15) is 0 Å². The highest BCUT2D eigenvalue weighted by atomic mass is 16.5. The van der Waals surface area contributed by atoms with Gasteiger partial charge in [0.15, 0.2) is 0 Å². The molecule has 1 aliphatic heterocycles. The molecule has 3 heteroatoms. The van der Waals surface area contributed by atoms with Gasteiger partial charge in [0, 0.05) is 12.1 Å². The van der Waals surface area contributed by atoms with Crippen LogP contribution >= 0.6 is 0 Å². The number of hydrogen-bond donors (Lipinski definition) is 0. The van der Waals surface area contributed by atoms with E-state index in [2.05, 4.69) is 30.4 Å². The molecule has 3 nitrogen and oxygen atoms in total. The third-order valence-corrected chi connectivity index (χ3v) is 3.10. The Morgan fingerprint density at radius 1 is 1.33 bits per heavy atom. The smallest absolute Gasteiger partial charge is 0.293 e. The number of hydrogen-bond acceptors (Lipinski definition) is 3. The Labute approximate surface area is 113 Å². The number of ether oxygens (including phenoxy) is 1. The monoisotopic (exact) mass is 257 g/mol. The summed E-state index contributed by atoms with van der Waals surface area (Å²) < 4.78 is 4.52. The third kappa shape index (κ3) is 8.51. The van der Waals surface area contributed by atoms with Crippen molar-refractivity contribution < 1.29 is 9.53 Å². The Morgan fingerprint density at radius 2 is 1.94 bits per heavy atom. The fourth-order valence-electron chi connectivity index (χ4n) is 2.17. The summed E-state index contributed by atoms with van der Waals surface area (Å²) in [7, 11) is 0. The minimum atomic E-state index is 0.0981. The Balaban J connectivity index is 0.000000331. The zero-order valence-corrected chi connectivity index (χ0v) is 13.0. The van der Waals surface area contributed by atoms with Crippen LogP contribution < -0.4 is 0 Å². The molecule has 0 aliphatic carbocycles. The van der Waals surface area contributed by atoms with Gasteiger partial charge in [-0.3, -0.25) is 9.69 Å². The first-order chi connectivity index (χ1) is 8.28. The summed E-state index contributed by atoms with van der Waals surface area (Å²) in [6.45, 7) is 15.3. The van der Waals surface area contributed by atoms with Crippen LogP contribution in [-0.2, 0) is 9.53 Å². The van der Waals surface area contributed by atoms with Crippen molar-refractivity contribution in [1.29, 1.82) is 0 Å². The number of carbonyl (C=O) groups is 1. The van der Waals surface area contributed by atoms with Gasteiger partial charge in [-0.1, -0.05) is 27.2 Å². The maximum absolute atomic E-state index is 9.63. The molecular formula is C15H31NO2. The first kappa shape index (κ1) is 17.4. The second kappa shape index (κ2) is 8.52. The lowest BCUT2D eigenvalue weighted by molar-refractivity contribution is -0.131. The van der Waals surface area contributed by atoms with Crippen molar-refractivity contribution in [3.05, 3.63) is 0 Å². The van der Waals surface area contributed by atoms with Crippen molar-refractivity contribution in [2.24, 2.45) is 5.41 Å². The molecule has 0 bridgehead atoms. The number of likely N-dealkylation sites (tertiary alicyclic amines) is 1. The van der Waals surface area contributed by atoms with Crippen LogP contribution in [0.3, 0.4) is 0 Å². The van der Waals surface area contributed by atoms with E-state index in [0.29, 0.717) is 13.1 Å². The van der Waals surface area contributed by atoms with Crippen LogP contribution in [0.2, 0.25) is 0 Å². The highest BCUT2D eigenvalue weighted by Gasteiger charge is 2.19. The molecule has 0 N–H and O–H groups in total. The summed E-state index contributed by atoms with van der Waals surface area (Å²) in [5, 5.41) is 0. The van der Waals surface area contributed by atoms with E-state index in [9.17, 15) is 4.79 Å². The van der Waals surface area contributed by atoms with Crippen molar-refractivity contribution in [3.8, 4) is 0 Å². The van der Waals surface area contributed by atoms with Gasteiger partial charge >= 0.3 is 0 Å². The first-order valence-electron chi connectivity index (χ1n) is 7.09. The SMILES string of the molecule is CC(C)(C)COC=O.CC(C)N1CCCC[C@@H]1C. The van der Waals surface area contributed by atoms with Gasteiger partial charge in [0.25, 0.3) is 6.47 Å². The maximum Gasteiger partial charge on any atom is 0.293 e. The molecule has 0 spiro atoms. The molecule has 108 valence electrons. The Kier molecular flexibility index (Phi) is 8.25. The van der Waals surface area contributed by atoms with Crippen LogP contribution in [0.25, 0.3) is 0 Å². The zero-order valence-electron chi connectivity index (χ0n) is 13.0. The van der Waals surface area contributed by atoms with E-state index in [1.165, 1.54) is 25.8 Å². The quantitative estimate of drug-likeness (QED) is 0.725. The number of carbonyl (C=O) groups excluding carboxylic acids is 1. The molecule has 1 saturated heterocycles. The summed E-state index contributed by atoms with van der Waals surface area (Å²) in [6, 6.07) is 1.57. The second-order valence-electron chi connectivity index (χ2n) is 6.64. The molecule has 18 heavy (non-hydrogen) atoms. The molecule has 0 aromatic carbocycles. The van der Waals surface area contributed by atoms with Gasteiger partial charge in [0.1, 0.15) is 0 Å². The molecule has 1 heterocycles. The Hall–Kier alpha value is -0.570. The summed E-state index contributed by atoms with van der Waals surface area (Å²) in [5.74, 6) is 0. The van der Waals surface area contributed by atoms with Crippen LogP contribution in [0.5, 0.6) is 0 Å². The van der Waals surface area contributed by atoms with Crippen LogP contribution in [0.1, 0.15) is 60.8 Å². The normalized spacial score (nSPS) is 21.2. The van der Waals surface area contributed by atoms with Crippen molar-refractivity contribution in [2.75, 3.05) is 13.2 Å². The van der Waals surface area contributed by atoms with Crippen LogP contribution in [0.4, 0.5) is 0 Å². The summed E-state index contributed by atoms with van der Waals surface area (Å²) in [5.41, 5.74) is 0.0981. The summed E-state index contributed by atoms with van der Waals surface area (Å²) in [6.07, 6.45) is 4.24. The molecule has 1 aliphatic rings. The van der Waals surface area contributed by atoms with E-state index in [1.54, 1.807) is 0 Å². The van der Waals surface area contributed by atoms with Gasteiger partial charge in [0.2, 0.25) is 0 Å². The highest BCUT2D eigenvalue weighted by Crippen LogP contribution is 2.18. The van der Waals surface area contributed by atoms with Crippen molar-refractivity contribution in [1.82, 2.24) is 4.90 Å². The van der Waals surface area contributed by atoms with Gasteiger partial charge in [-0.05, 0) is 45.6 Å². The average molecular weight is 257 g/mol. The Morgan fingerprint density at radius 3 is 2.22 bits per heavy atom. The zero-order chi connectivity index (χ0) is 14.2. The third-order valence-electron chi connectivity index (χ3n) is 3.10. The van der Waals surface area contributed by atoms with E-state index in [1.807, 2.05) is 20.8 Å². The number of nitrogens with zero attached hydrogens (tertiary/aromatic N) is 1. The van der Waals surface area contributed by atoms with Crippen LogP contribution in [0.15, 0.2) is 0 Å². The molecule has 0 aromatic heterocycles. The predicted molar refractivity (Wildman–Crippen MR) is 76.6 cm³/mol. The highest BCUT2D eigenvalue weighted by molar-refractivity contribution is 5.36. The minimum Gasteiger partial charge on any atom is -0.467 e. The van der Waals surface area contributed by atoms with Gasteiger partial charge in [0.05, 0.1) is 6.61 Å². The standard InChI is InChI=1S/C9H19N.C6H12O2/c1-8(2)10-7-5-4-6-9(10)3;1-6(2,3)4-8-5-7/h8-9H,4-7H2,1-3H3;5H,4H2,1-3H3/t9-;/m0./s1. The lowest BCUT2D eigenvalue weighted by Gasteiger charge is -2.36. The molecule has 0 unspecified atom stereocenters. The van der Waals surface area contributed by atoms with Crippen LogP contribution in [-0.4, -0.2) is 36.6 Å². The lowest BCUT2D eigenvalue weighted by atomic mass is 9.99.